The van der Waals surface area contributed by atoms with E-state index in [4.69, 9.17) is 16.3 Å². The Balaban J connectivity index is 1.86. The van der Waals surface area contributed by atoms with Crippen molar-refractivity contribution >= 4 is 23.2 Å². The van der Waals surface area contributed by atoms with Crippen molar-refractivity contribution in [2.24, 2.45) is 0 Å². The summed E-state index contributed by atoms with van der Waals surface area (Å²) in [5.74, 6) is 0.188. The zero-order valence-electron chi connectivity index (χ0n) is 11.8. The fraction of sp³-hybridized carbons (Fsp3) is 0.250. The summed E-state index contributed by atoms with van der Waals surface area (Å²) in [7, 11) is 0. The van der Waals surface area contributed by atoms with Gasteiger partial charge in [0.25, 0.3) is 0 Å². The Kier molecular flexibility index (Phi) is 4.27. The van der Waals surface area contributed by atoms with Gasteiger partial charge in [0, 0.05) is 22.3 Å². The summed E-state index contributed by atoms with van der Waals surface area (Å²) < 4.78 is 5.56. The number of aliphatic hydroxyl groups excluding tert-OH is 1. The quantitative estimate of drug-likeness (QED) is 0.913. The third-order valence-corrected chi connectivity index (χ3v) is 3.90. The molecule has 0 fully saturated rings. The number of amides is 1. The average Bonchev–Trinajstić information content (AvgIpc) is 2.54. The van der Waals surface area contributed by atoms with Crippen molar-refractivity contribution in [3.63, 3.8) is 0 Å². The number of aromatic nitrogens is 1. The minimum atomic E-state index is -0.339. The second-order valence-corrected chi connectivity index (χ2v) is 5.49. The molecule has 0 radical (unpaired) electrons. The first-order valence-corrected chi connectivity index (χ1v) is 7.33. The average molecular weight is 319 g/mol. The van der Waals surface area contributed by atoms with Gasteiger partial charge in [0.05, 0.1) is 31.0 Å². The van der Waals surface area contributed by atoms with Crippen LogP contribution in [0.1, 0.15) is 23.5 Å². The van der Waals surface area contributed by atoms with E-state index >= 15 is 0 Å². The zero-order chi connectivity index (χ0) is 15.5. The number of halogens is 1. The molecule has 1 aliphatic rings. The minimum absolute atomic E-state index is 0.158. The first kappa shape index (κ1) is 14.8. The largest absolute Gasteiger partial charge is 0.493 e. The molecule has 1 aromatic heterocycles. The van der Waals surface area contributed by atoms with Crippen LogP contribution in [0.2, 0.25) is 5.02 Å². The normalized spacial score (nSPS) is 16.5. The maximum Gasteiger partial charge on any atom is 0.232 e. The Morgan fingerprint density at radius 1 is 1.45 bits per heavy atom. The van der Waals surface area contributed by atoms with Crippen molar-refractivity contribution in [3.8, 4) is 5.75 Å². The van der Waals surface area contributed by atoms with E-state index in [0.29, 0.717) is 35.1 Å². The Labute approximate surface area is 132 Å². The number of ether oxygens (including phenoxy) is 1. The van der Waals surface area contributed by atoms with Crippen molar-refractivity contribution < 1.29 is 14.6 Å². The molecule has 114 valence electrons. The lowest BCUT2D eigenvalue weighted by Gasteiger charge is -2.25. The third-order valence-electron chi connectivity index (χ3n) is 3.67. The lowest BCUT2D eigenvalue weighted by molar-refractivity contribution is -0.118. The number of aliphatic hydroxyl groups is 1. The molecule has 0 saturated heterocycles. The van der Waals surface area contributed by atoms with Crippen molar-refractivity contribution in [3.05, 3.63) is 52.8 Å². The van der Waals surface area contributed by atoms with Gasteiger partial charge in [-0.1, -0.05) is 11.6 Å². The van der Waals surface area contributed by atoms with Gasteiger partial charge in [-0.2, -0.15) is 0 Å². The summed E-state index contributed by atoms with van der Waals surface area (Å²) in [5, 5.41) is 12.7. The SMILES string of the molecule is O=C(Nc1cnccc1CO)[C@@H]1CCOc2ccc(Cl)cc21. The van der Waals surface area contributed by atoms with Crippen LogP contribution < -0.4 is 10.1 Å². The van der Waals surface area contributed by atoms with Crippen LogP contribution in [0, 0.1) is 0 Å². The molecule has 1 aromatic carbocycles. The van der Waals surface area contributed by atoms with Crippen LogP contribution in [-0.4, -0.2) is 22.6 Å². The van der Waals surface area contributed by atoms with Gasteiger partial charge in [0.1, 0.15) is 5.75 Å². The summed E-state index contributed by atoms with van der Waals surface area (Å²) in [4.78, 5) is 16.6. The number of anilines is 1. The number of rotatable bonds is 3. The fourth-order valence-electron chi connectivity index (χ4n) is 2.53. The van der Waals surface area contributed by atoms with E-state index in [9.17, 15) is 9.90 Å². The number of hydrogen-bond acceptors (Lipinski definition) is 4. The van der Waals surface area contributed by atoms with E-state index < -0.39 is 0 Å². The molecule has 1 aliphatic heterocycles. The van der Waals surface area contributed by atoms with E-state index in [1.807, 2.05) is 0 Å². The number of benzene rings is 1. The molecule has 3 rings (SSSR count). The maximum absolute atomic E-state index is 12.6. The van der Waals surface area contributed by atoms with Gasteiger partial charge < -0.3 is 15.2 Å². The van der Waals surface area contributed by atoms with Crippen LogP contribution in [-0.2, 0) is 11.4 Å². The molecular weight excluding hydrogens is 304 g/mol. The van der Waals surface area contributed by atoms with Crippen molar-refractivity contribution in [2.45, 2.75) is 18.9 Å². The molecule has 2 aromatic rings. The van der Waals surface area contributed by atoms with E-state index in [-0.39, 0.29) is 18.4 Å². The van der Waals surface area contributed by atoms with E-state index in [1.165, 1.54) is 6.20 Å². The van der Waals surface area contributed by atoms with Crippen LogP contribution in [0.25, 0.3) is 0 Å². The van der Waals surface area contributed by atoms with E-state index in [2.05, 4.69) is 10.3 Å². The molecule has 1 amide bonds. The highest BCUT2D eigenvalue weighted by Crippen LogP contribution is 2.36. The predicted octanol–water partition coefficient (Wildman–Crippen LogP) is 2.73. The standard InChI is InChI=1S/C16H15ClN2O3/c17-11-1-2-15-13(7-11)12(4-6-22-15)16(21)19-14-8-18-5-3-10(14)9-20/h1-3,5,7-8,12,20H,4,6,9H2,(H,19,21)/t12-/m1/s1. The number of nitrogens with zero attached hydrogens (tertiary/aromatic N) is 1. The first-order valence-electron chi connectivity index (χ1n) is 6.96. The molecule has 22 heavy (non-hydrogen) atoms. The molecule has 0 unspecified atom stereocenters. The Hall–Kier alpha value is -2.11. The monoisotopic (exact) mass is 318 g/mol. The van der Waals surface area contributed by atoms with Gasteiger partial charge in [0.15, 0.2) is 0 Å². The molecule has 6 heteroatoms. The Morgan fingerprint density at radius 3 is 3.14 bits per heavy atom. The molecule has 0 spiro atoms. The second-order valence-electron chi connectivity index (χ2n) is 5.05. The van der Waals surface area contributed by atoms with Crippen LogP contribution in [0.3, 0.4) is 0 Å². The first-order chi connectivity index (χ1) is 10.7. The lowest BCUT2D eigenvalue weighted by Crippen LogP contribution is -2.27. The molecule has 0 saturated carbocycles. The molecule has 1 atom stereocenters. The second kappa shape index (κ2) is 6.34. The zero-order valence-corrected chi connectivity index (χ0v) is 12.5. The summed E-state index contributed by atoms with van der Waals surface area (Å²) in [6.45, 7) is 0.320. The lowest BCUT2D eigenvalue weighted by atomic mass is 9.92. The van der Waals surface area contributed by atoms with Crippen molar-refractivity contribution in [2.75, 3.05) is 11.9 Å². The summed E-state index contributed by atoms with van der Waals surface area (Å²) in [5.41, 5.74) is 1.93. The van der Waals surface area contributed by atoms with Gasteiger partial charge in [0.2, 0.25) is 5.91 Å². The smallest absolute Gasteiger partial charge is 0.232 e. The molecule has 0 bridgehead atoms. The summed E-state index contributed by atoms with van der Waals surface area (Å²) in [6.07, 6.45) is 3.68. The van der Waals surface area contributed by atoms with Gasteiger partial charge >= 0.3 is 0 Å². The number of nitrogens with one attached hydrogen (secondary N) is 1. The molecule has 2 heterocycles. The van der Waals surface area contributed by atoms with Crippen LogP contribution in [0.5, 0.6) is 5.75 Å². The Bertz CT molecular complexity index is 706. The van der Waals surface area contributed by atoms with E-state index in [1.54, 1.807) is 30.5 Å². The van der Waals surface area contributed by atoms with Gasteiger partial charge in [-0.3, -0.25) is 9.78 Å². The van der Waals surface area contributed by atoms with Crippen LogP contribution >= 0.6 is 11.6 Å². The van der Waals surface area contributed by atoms with Crippen molar-refractivity contribution in [1.29, 1.82) is 0 Å². The summed E-state index contributed by atoms with van der Waals surface area (Å²) >= 11 is 6.02. The maximum atomic E-state index is 12.6. The fourth-order valence-corrected chi connectivity index (χ4v) is 2.71. The predicted molar refractivity (Wildman–Crippen MR) is 83.1 cm³/mol. The van der Waals surface area contributed by atoms with Gasteiger partial charge in [-0.25, -0.2) is 0 Å². The van der Waals surface area contributed by atoms with Gasteiger partial charge in [-0.05, 0) is 30.7 Å². The van der Waals surface area contributed by atoms with Crippen LogP contribution in [0.15, 0.2) is 36.7 Å². The van der Waals surface area contributed by atoms with Crippen molar-refractivity contribution in [1.82, 2.24) is 4.98 Å². The van der Waals surface area contributed by atoms with E-state index in [0.717, 1.165) is 5.56 Å². The minimum Gasteiger partial charge on any atom is -0.493 e. The van der Waals surface area contributed by atoms with Crippen LogP contribution in [0.4, 0.5) is 5.69 Å². The van der Waals surface area contributed by atoms with Gasteiger partial charge in [-0.15, -0.1) is 0 Å². The highest BCUT2D eigenvalue weighted by molar-refractivity contribution is 6.30. The number of hydrogen-bond donors (Lipinski definition) is 2. The molecule has 5 nitrogen and oxygen atoms in total. The number of fused-ring (bicyclic) bond motifs is 1. The summed E-state index contributed by atoms with van der Waals surface area (Å²) in [6, 6.07) is 6.95. The Morgan fingerprint density at radius 2 is 2.32 bits per heavy atom. The topological polar surface area (TPSA) is 71.5 Å². The third kappa shape index (κ3) is 2.91. The number of carbonyl (C=O) groups excluding carboxylic acids is 1. The highest BCUT2D eigenvalue weighted by Gasteiger charge is 2.28. The number of pyridine rings is 1. The molecule has 2 N–H and O–H groups in total. The highest BCUT2D eigenvalue weighted by atomic mass is 35.5. The molecular formula is C16H15ClN2O3. The molecule has 0 aliphatic carbocycles. The number of carbonyl (C=O) groups is 1.